The number of nitrogens with zero attached hydrogens (tertiary/aromatic N) is 2. The predicted octanol–water partition coefficient (Wildman–Crippen LogP) is 2.07. The van der Waals surface area contributed by atoms with Crippen LogP contribution < -0.4 is 10.5 Å². The van der Waals surface area contributed by atoms with Gasteiger partial charge in [-0.2, -0.15) is 0 Å². The molecule has 7 heteroatoms. The van der Waals surface area contributed by atoms with Crippen LogP contribution in [0, 0.1) is 4.77 Å². The van der Waals surface area contributed by atoms with Crippen LogP contribution in [0.3, 0.4) is 0 Å². The van der Waals surface area contributed by atoms with Gasteiger partial charge in [0.15, 0.2) is 4.77 Å². The minimum absolute atomic E-state index is 0.0423. The third kappa shape index (κ3) is 2.99. The Kier molecular flexibility index (Phi) is 4.39. The number of aromatic nitrogens is 2. The summed E-state index contributed by atoms with van der Waals surface area (Å²) in [6.45, 7) is 4.42. The Morgan fingerprint density at radius 3 is 2.83 bits per heavy atom. The van der Waals surface area contributed by atoms with Gasteiger partial charge in [-0.15, -0.1) is 0 Å². The maximum absolute atomic E-state index is 12.9. The molecule has 0 amide bonds. The molecule has 0 bridgehead atoms. The molecule has 0 saturated carbocycles. The molecular formula is C17H21N3O3S. The summed E-state index contributed by atoms with van der Waals surface area (Å²) in [5, 5.41) is 0.672. The van der Waals surface area contributed by atoms with E-state index in [4.69, 9.17) is 21.7 Å². The van der Waals surface area contributed by atoms with Crippen molar-refractivity contribution in [3.63, 3.8) is 0 Å². The van der Waals surface area contributed by atoms with E-state index in [-0.39, 0.29) is 11.7 Å². The molecule has 3 heterocycles. The first-order valence-corrected chi connectivity index (χ1v) is 8.84. The lowest BCUT2D eigenvalue weighted by atomic mass is 10.2. The minimum Gasteiger partial charge on any atom is -0.378 e. The van der Waals surface area contributed by atoms with E-state index in [2.05, 4.69) is 9.88 Å². The third-order valence-electron chi connectivity index (χ3n) is 4.75. The average Bonchev–Trinajstić information content (AvgIpc) is 3.12. The van der Waals surface area contributed by atoms with Crippen molar-refractivity contribution in [2.24, 2.45) is 0 Å². The summed E-state index contributed by atoms with van der Waals surface area (Å²) >= 11 is 5.38. The monoisotopic (exact) mass is 347 g/mol. The van der Waals surface area contributed by atoms with Crippen molar-refractivity contribution in [2.75, 3.05) is 37.8 Å². The van der Waals surface area contributed by atoms with Gasteiger partial charge in [0.2, 0.25) is 0 Å². The predicted molar refractivity (Wildman–Crippen MR) is 95.4 cm³/mol. The zero-order valence-electron chi connectivity index (χ0n) is 13.5. The fourth-order valence-electron chi connectivity index (χ4n) is 3.41. The lowest BCUT2D eigenvalue weighted by Gasteiger charge is -2.29. The molecule has 24 heavy (non-hydrogen) atoms. The van der Waals surface area contributed by atoms with E-state index in [1.807, 2.05) is 18.2 Å². The number of hydrogen-bond donors (Lipinski definition) is 1. The number of ether oxygens (including phenoxy) is 2. The van der Waals surface area contributed by atoms with Gasteiger partial charge >= 0.3 is 0 Å². The first-order chi connectivity index (χ1) is 11.7. The molecule has 6 nitrogen and oxygen atoms in total. The molecule has 2 saturated heterocycles. The molecule has 2 aliphatic rings. The molecular weight excluding hydrogens is 326 g/mol. The third-order valence-corrected chi connectivity index (χ3v) is 5.07. The van der Waals surface area contributed by atoms with Crippen molar-refractivity contribution < 1.29 is 9.47 Å². The van der Waals surface area contributed by atoms with Gasteiger partial charge in [-0.3, -0.25) is 9.36 Å². The second kappa shape index (κ2) is 6.66. The number of rotatable bonds is 3. The normalized spacial score (nSPS) is 21.5. The van der Waals surface area contributed by atoms with Gasteiger partial charge in [-0.05, 0) is 43.3 Å². The number of benzene rings is 1. The number of hydrogen-bond acceptors (Lipinski definition) is 5. The summed E-state index contributed by atoms with van der Waals surface area (Å²) in [5.41, 5.74) is 1.79. The van der Waals surface area contributed by atoms with Gasteiger partial charge in [0.05, 0.1) is 36.8 Å². The number of nitrogens with one attached hydrogen (secondary N) is 1. The van der Waals surface area contributed by atoms with Crippen molar-refractivity contribution in [3.05, 3.63) is 33.3 Å². The van der Waals surface area contributed by atoms with Crippen LogP contribution in [0.4, 0.5) is 5.69 Å². The van der Waals surface area contributed by atoms with E-state index in [9.17, 15) is 4.79 Å². The summed E-state index contributed by atoms with van der Waals surface area (Å²) in [6.07, 6.45) is 2.11. The standard InChI is InChI=1S/C17H21N3O3S/c21-16-14-10-12(19-5-8-22-9-6-19)3-4-15(14)18-17(24)20(16)11-13-2-1-7-23-13/h3-4,10,13H,1-2,5-9,11H2,(H,18,24)/t13-/m1/s1. The van der Waals surface area contributed by atoms with Gasteiger partial charge in [0, 0.05) is 25.4 Å². The molecule has 4 rings (SSSR count). The van der Waals surface area contributed by atoms with E-state index >= 15 is 0 Å². The van der Waals surface area contributed by atoms with Crippen LogP contribution in [0.1, 0.15) is 12.8 Å². The molecule has 2 aliphatic heterocycles. The zero-order chi connectivity index (χ0) is 16.5. The number of H-pyrrole nitrogens is 1. The summed E-state index contributed by atoms with van der Waals surface area (Å²) in [5.74, 6) is 0. The van der Waals surface area contributed by atoms with Crippen LogP contribution in [0.2, 0.25) is 0 Å². The summed E-state index contributed by atoms with van der Waals surface area (Å²) < 4.78 is 13.2. The number of anilines is 1. The molecule has 128 valence electrons. The van der Waals surface area contributed by atoms with E-state index in [0.717, 1.165) is 57.0 Å². The lowest BCUT2D eigenvalue weighted by Crippen LogP contribution is -2.36. The number of aromatic amines is 1. The Labute approximate surface area is 145 Å². The largest absolute Gasteiger partial charge is 0.378 e. The van der Waals surface area contributed by atoms with Crippen molar-refractivity contribution in [1.29, 1.82) is 0 Å². The molecule has 1 atom stereocenters. The highest BCUT2D eigenvalue weighted by molar-refractivity contribution is 7.71. The van der Waals surface area contributed by atoms with Crippen LogP contribution in [-0.2, 0) is 16.0 Å². The Hall–Kier alpha value is -1.70. The molecule has 1 N–H and O–H groups in total. The van der Waals surface area contributed by atoms with Crippen LogP contribution in [0.15, 0.2) is 23.0 Å². The minimum atomic E-state index is -0.0423. The van der Waals surface area contributed by atoms with Crippen molar-refractivity contribution in [3.8, 4) is 0 Å². The first-order valence-electron chi connectivity index (χ1n) is 8.43. The van der Waals surface area contributed by atoms with Gasteiger partial charge < -0.3 is 19.4 Å². The summed E-state index contributed by atoms with van der Waals surface area (Å²) in [4.78, 5) is 18.4. The zero-order valence-corrected chi connectivity index (χ0v) is 14.3. The Morgan fingerprint density at radius 2 is 2.08 bits per heavy atom. The topological polar surface area (TPSA) is 59.5 Å². The highest BCUT2D eigenvalue weighted by atomic mass is 32.1. The van der Waals surface area contributed by atoms with Gasteiger partial charge in [-0.25, -0.2) is 0 Å². The Morgan fingerprint density at radius 1 is 1.25 bits per heavy atom. The van der Waals surface area contributed by atoms with Gasteiger partial charge in [0.1, 0.15) is 0 Å². The van der Waals surface area contributed by atoms with Crippen LogP contribution in [-0.4, -0.2) is 48.6 Å². The van der Waals surface area contributed by atoms with Crippen LogP contribution in [0.25, 0.3) is 10.9 Å². The van der Waals surface area contributed by atoms with Crippen molar-refractivity contribution in [1.82, 2.24) is 9.55 Å². The second-order valence-corrected chi connectivity index (χ2v) is 6.70. The summed E-state index contributed by atoms with van der Waals surface area (Å²) in [7, 11) is 0. The van der Waals surface area contributed by atoms with Crippen molar-refractivity contribution >= 4 is 28.8 Å². The van der Waals surface area contributed by atoms with Crippen molar-refractivity contribution in [2.45, 2.75) is 25.5 Å². The molecule has 0 unspecified atom stereocenters. The Balaban J connectivity index is 1.74. The van der Waals surface area contributed by atoms with E-state index in [0.29, 0.717) is 16.7 Å². The maximum Gasteiger partial charge on any atom is 0.262 e. The molecule has 2 aromatic rings. The quantitative estimate of drug-likeness (QED) is 0.862. The highest BCUT2D eigenvalue weighted by Gasteiger charge is 2.18. The van der Waals surface area contributed by atoms with E-state index < -0.39 is 0 Å². The fraction of sp³-hybridized carbons (Fsp3) is 0.529. The van der Waals surface area contributed by atoms with Crippen LogP contribution in [0.5, 0.6) is 0 Å². The SMILES string of the molecule is O=c1c2cc(N3CCOCC3)ccc2[nH]c(=S)n1C[C@H]1CCCO1. The number of fused-ring (bicyclic) bond motifs is 1. The highest BCUT2D eigenvalue weighted by Crippen LogP contribution is 2.20. The molecule has 0 radical (unpaired) electrons. The Bertz CT molecular complexity index is 848. The van der Waals surface area contributed by atoms with E-state index in [1.165, 1.54) is 0 Å². The lowest BCUT2D eigenvalue weighted by molar-refractivity contribution is 0.0957. The smallest absolute Gasteiger partial charge is 0.262 e. The second-order valence-electron chi connectivity index (χ2n) is 6.31. The maximum atomic E-state index is 12.9. The molecule has 1 aromatic carbocycles. The molecule has 0 aliphatic carbocycles. The van der Waals surface area contributed by atoms with Gasteiger partial charge in [0.25, 0.3) is 5.56 Å². The summed E-state index contributed by atoms with van der Waals surface area (Å²) in [6, 6.07) is 5.93. The van der Waals surface area contributed by atoms with Crippen LogP contribution >= 0.6 is 12.2 Å². The number of morpholine rings is 1. The average molecular weight is 347 g/mol. The molecule has 1 aromatic heterocycles. The molecule has 2 fully saturated rings. The van der Waals surface area contributed by atoms with E-state index in [1.54, 1.807) is 4.57 Å². The first kappa shape index (κ1) is 15.8. The van der Waals surface area contributed by atoms with Gasteiger partial charge in [-0.1, -0.05) is 0 Å². The fourth-order valence-corrected chi connectivity index (χ4v) is 3.68. The molecule has 0 spiro atoms.